The predicted octanol–water partition coefficient (Wildman–Crippen LogP) is 4.40. The van der Waals surface area contributed by atoms with Crippen molar-refractivity contribution in [1.29, 1.82) is 0 Å². The first-order valence-electron chi connectivity index (χ1n) is 8.71. The van der Waals surface area contributed by atoms with Gasteiger partial charge in [-0.3, -0.25) is 4.55 Å². The number of fused-ring (bicyclic) bond motifs is 1. The average Bonchev–Trinajstić information content (AvgIpc) is 3.09. The summed E-state index contributed by atoms with van der Waals surface area (Å²) in [5.41, 5.74) is 3.16. The Balaban J connectivity index is 1.65. The summed E-state index contributed by atoms with van der Waals surface area (Å²) in [5, 5.41) is 0. The summed E-state index contributed by atoms with van der Waals surface area (Å²) in [6.07, 6.45) is 1.07. The SMILES string of the molecule is O=S(=O)(O)c1ccccc1-c1ccc2nc(CCc3ccccc3F)[nH]c2c1. The average molecular weight is 396 g/mol. The molecule has 142 valence electrons. The Labute approximate surface area is 161 Å². The summed E-state index contributed by atoms with van der Waals surface area (Å²) >= 11 is 0. The van der Waals surface area contributed by atoms with Gasteiger partial charge in [0, 0.05) is 12.0 Å². The number of aromatic amines is 1. The Morgan fingerprint density at radius 2 is 1.71 bits per heavy atom. The van der Waals surface area contributed by atoms with Crippen LogP contribution in [0.4, 0.5) is 4.39 Å². The zero-order valence-corrected chi connectivity index (χ0v) is 15.6. The highest BCUT2D eigenvalue weighted by molar-refractivity contribution is 7.86. The molecule has 4 aromatic rings. The molecule has 0 saturated carbocycles. The monoisotopic (exact) mass is 396 g/mol. The minimum atomic E-state index is -4.33. The van der Waals surface area contributed by atoms with Crippen LogP contribution in [0.2, 0.25) is 0 Å². The molecule has 1 heterocycles. The zero-order chi connectivity index (χ0) is 19.7. The number of benzene rings is 3. The second-order valence-corrected chi connectivity index (χ2v) is 7.87. The maximum absolute atomic E-state index is 13.8. The van der Waals surface area contributed by atoms with Gasteiger partial charge in [-0.2, -0.15) is 8.42 Å². The molecule has 0 unspecified atom stereocenters. The van der Waals surface area contributed by atoms with Crippen LogP contribution in [0.5, 0.6) is 0 Å². The van der Waals surface area contributed by atoms with Gasteiger partial charge in [0.25, 0.3) is 10.1 Å². The molecule has 1 aromatic heterocycles. The molecular weight excluding hydrogens is 379 g/mol. The first-order chi connectivity index (χ1) is 13.4. The van der Waals surface area contributed by atoms with E-state index >= 15 is 0 Å². The van der Waals surface area contributed by atoms with E-state index in [4.69, 9.17) is 0 Å². The van der Waals surface area contributed by atoms with E-state index in [1.54, 1.807) is 54.6 Å². The van der Waals surface area contributed by atoms with Gasteiger partial charge in [0.1, 0.15) is 16.5 Å². The lowest BCUT2D eigenvalue weighted by molar-refractivity contribution is 0.483. The van der Waals surface area contributed by atoms with E-state index in [1.807, 2.05) is 0 Å². The number of H-pyrrole nitrogens is 1. The summed E-state index contributed by atoms with van der Waals surface area (Å²) in [7, 11) is -4.33. The van der Waals surface area contributed by atoms with Gasteiger partial charge in [0.05, 0.1) is 11.0 Å². The van der Waals surface area contributed by atoms with Gasteiger partial charge in [0.15, 0.2) is 0 Å². The van der Waals surface area contributed by atoms with Crippen LogP contribution in [0.3, 0.4) is 0 Å². The maximum Gasteiger partial charge on any atom is 0.295 e. The molecule has 0 bridgehead atoms. The molecule has 0 fully saturated rings. The molecule has 0 atom stereocenters. The third-order valence-corrected chi connectivity index (χ3v) is 5.51. The molecule has 3 aromatic carbocycles. The molecule has 7 heteroatoms. The fourth-order valence-corrected chi connectivity index (χ4v) is 3.95. The van der Waals surface area contributed by atoms with Crippen LogP contribution < -0.4 is 0 Å². The van der Waals surface area contributed by atoms with E-state index in [9.17, 15) is 17.4 Å². The molecule has 2 N–H and O–H groups in total. The van der Waals surface area contributed by atoms with Crippen molar-refractivity contribution >= 4 is 21.2 Å². The first-order valence-corrected chi connectivity index (χ1v) is 10.1. The second kappa shape index (κ2) is 7.18. The minimum absolute atomic E-state index is 0.145. The van der Waals surface area contributed by atoms with Crippen LogP contribution in [0.1, 0.15) is 11.4 Å². The standard InChI is InChI=1S/C21H17FN2O3S/c22-17-7-3-1-5-14(17)10-12-21-23-18-11-9-15(13-19(18)24-21)16-6-2-4-8-20(16)28(25,26)27/h1-9,11,13H,10,12H2,(H,23,24)(H,25,26,27). The smallest absolute Gasteiger partial charge is 0.295 e. The Morgan fingerprint density at radius 1 is 0.964 bits per heavy atom. The molecule has 0 spiro atoms. The van der Waals surface area contributed by atoms with Crippen molar-refractivity contribution < 1.29 is 17.4 Å². The van der Waals surface area contributed by atoms with E-state index < -0.39 is 10.1 Å². The normalized spacial score (nSPS) is 11.8. The highest BCUT2D eigenvalue weighted by atomic mass is 32.2. The van der Waals surface area contributed by atoms with Crippen LogP contribution in [0, 0.1) is 5.82 Å². The molecule has 0 amide bonds. The number of nitrogens with zero attached hydrogens (tertiary/aromatic N) is 1. The van der Waals surface area contributed by atoms with Gasteiger partial charge in [-0.15, -0.1) is 0 Å². The predicted molar refractivity (Wildman–Crippen MR) is 105 cm³/mol. The minimum Gasteiger partial charge on any atom is -0.342 e. The molecule has 4 rings (SSSR count). The fraction of sp³-hybridized carbons (Fsp3) is 0.0952. The van der Waals surface area contributed by atoms with Crippen molar-refractivity contribution in [2.45, 2.75) is 17.7 Å². The topological polar surface area (TPSA) is 83.1 Å². The van der Waals surface area contributed by atoms with Crippen molar-refractivity contribution in [3.8, 4) is 11.1 Å². The van der Waals surface area contributed by atoms with Crippen molar-refractivity contribution in [1.82, 2.24) is 9.97 Å². The van der Waals surface area contributed by atoms with Crippen LogP contribution in [-0.4, -0.2) is 22.9 Å². The number of rotatable bonds is 5. The lowest BCUT2D eigenvalue weighted by atomic mass is 10.1. The Hall–Kier alpha value is -3.03. The molecule has 5 nitrogen and oxygen atoms in total. The fourth-order valence-electron chi connectivity index (χ4n) is 3.23. The van der Waals surface area contributed by atoms with E-state index in [1.165, 1.54) is 12.1 Å². The quantitative estimate of drug-likeness (QED) is 0.490. The summed E-state index contributed by atoms with van der Waals surface area (Å²) in [5.74, 6) is 0.487. The van der Waals surface area contributed by atoms with Crippen LogP contribution >= 0.6 is 0 Å². The van der Waals surface area contributed by atoms with E-state index in [0.29, 0.717) is 29.5 Å². The van der Waals surface area contributed by atoms with E-state index in [0.717, 1.165) is 16.9 Å². The summed E-state index contributed by atoms with van der Waals surface area (Å²) in [6.45, 7) is 0. The van der Waals surface area contributed by atoms with Crippen molar-refractivity contribution in [2.75, 3.05) is 0 Å². The maximum atomic E-state index is 13.8. The molecule has 28 heavy (non-hydrogen) atoms. The van der Waals surface area contributed by atoms with Crippen molar-refractivity contribution in [2.24, 2.45) is 0 Å². The largest absolute Gasteiger partial charge is 0.342 e. The molecule has 0 aliphatic heterocycles. The van der Waals surface area contributed by atoms with Gasteiger partial charge in [-0.05, 0) is 41.8 Å². The van der Waals surface area contributed by atoms with E-state index in [2.05, 4.69) is 9.97 Å². The number of hydrogen-bond donors (Lipinski definition) is 2. The molecule has 0 aliphatic carbocycles. The van der Waals surface area contributed by atoms with Crippen LogP contribution in [-0.2, 0) is 23.0 Å². The third-order valence-electron chi connectivity index (χ3n) is 4.60. The number of hydrogen-bond acceptors (Lipinski definition) is 3. The second-order valence-electron chi connectivity index (χ2n) is 6.48. The molecule has 0 aliphatic rings. The number of aromatic nitrogens is 2. The summed E-state index contributed by atoms with van der Waals surface area (Å²) < 4.78 is 46.5. The van der Waals surface area contributed by atoms with Gasteiger partial charge in [0.2, 0.25) is 0 Å². The molecule has 0 radical (unpaired) electrons. The van der Waals surface area contributed by atoms with Crippen LogP contribution in [0.15, 0.2) is 71.6 Å². The van der Waals surface area contributed by atoms with Gasteiger partial charge < -0.3 is 4.98 Å². The highest BCUT2D eigenvalue weighted by Crippen LogP contribution is 2.29. The molecular formula is C21H17FN2O3S. The summed E-state index contributed by atoms with van der Waals surface area (Å²) in [4.78, 5) is 7.58. The zero-order valence-electron chi connectivity index (χ0n) is 14.8. The Bertz CT molecular complexity index is 1270. The lowest BCUT2D eigenvalue weighted by Gasteiger charge is -2.07. The van der Waals surface area contributed by atoms with Gasteiger partial charge >= 0.3 is 0 Å². The van der Waals surface area contributed by atoms with E-state index in [-0.39, 0.29) is 10.7 Å². The number of nitrogens with one attached hydrogen (secondary N) is 1. The van der Waals surface area contributed by atoms with Gasteiger partial charge in [-0.25, -0.2) is 9.37 Å². The Morgan fingerprint density at radius 3 is 2.50 bits per heavy atom. The van der Waals surface area contributed by atoms with Crippen molar-refractivity contribution in [3.05, 3.63) is 83.9 Å². The first kappa shape index (κ1) is 18.3. The lowest BCUT2D eigenvalue weighted by Crippen LogP contribution is -2.00. The van der Waals surface area contributed by atoms with Crippen molar-refractivity contribution in [3.63, 3.8) is 0 Å². The number of halogens is 1. The molecule has 0 saturated heterocycles. The third kappa shape index (κ3) is 3.67. The number of aryl methyl sites for hydroxylation is 2. The Kier molecular flexibility index (Phi) is 4.70. The van der Waals surface area contributed by atoms with Crippen LogP contribution in [0.25, 0.3) is 22.2 Å². The number of imidazole rings is 1. The van der Waals surface area contributed by atoms with Gasteiger partial charge in [-0.1, -0.05) is 42.5 Å². The highest BCUT2D eigenvalue weighted by Gasteiger charge is 2.16. The summed E-state index contributed by atoms with van der Waals surface area (Å²) in [6, 6.07) is 18.3.